The summed E-state index contributed by atoms with van der Waals surface area (Å²) in [5, 5.41) is 21.3. The van der Waals surface area contributed by atoms with Gasteiger partial charge in [-0.2, -0.15) is 0 Å². The number of likely N-dealkylation sites (tertiary alicyclic amines) is 2. The van der Waals surface area contributed by atoms with Gasteiger partial charge in [0.15, 0.2) is 0 Å². The molecule has 7 nitrogen and oxygen atoms in total. The number of carbonyl (C=O) groups excluding carboxylic acids is 1. The van der Waals surface area contributed by atoms with Crippen LogP contribution < -0.4 is 0 Å². The van der Waals surface area contributed by atoms with E-state index in [4.69, 9.17) is 4.74 Å². The molecule has 3 rings (SSSR count). The highest BCUT2D eigenvalue weighted by Crippen LogP contribution is 2.52. The van der Waals surface area contributed by atoms with Crippen molar-refractivity contribution in [3.63, 3.8) is 0 Å². The van der Waals surface area contributed by atoms with Gasteiger partial charge in [-0.15, -0.1) is 0 Å². The van der Waals surface area contributed by atoms with Gasteiger partial charge in [0.2, 0.25) is 0 Å². The van der Waals surface area contributed by atoms with Crippen molar-refractivity contribution in [1.29, 1.82) is 0 Å². The summed E-state index contributed by atoms with van der Waals surface area (Å²) in [6.45, 7) is 6.59. The summed E-state index contributed by atoms with van der Waals surface area (Å²) in [6, 6.07) is 9.40. The molecule has 28 heavy (non-hydrogen) atoms. The van der Waals surface area contributed by atoms with Crippen LogP contribution >= 0.6 is 0 Å². The molecule has 7 heteroatoms. The van der Waals surface area contributed by atoms with E-state index < -0.39 is 28.7 Å². The lowest BCUT2D eigenvalue weighted by Crippen LogP contribution is -2.82. The standard InChI is InChI=1S/C21H30N2O5/c1-19(2,3)21(11-7-8-12-23(21)17(24)25)20(27)14-22(15-20)18(26)28-13-16-9-5-4-6-10-16/h4-6,9-10,27H,7-8,11-15H2,1-3H3,(H,24,25)/t21-/m0/s1. The van der Waals surface area contributed by atoms with Crippen molar-refractivity contribution in [3.8, 4) is 0 Å². The van der Waals surface area contributed by atoms with Crippen molar-refractivity contribution in [2.45, 2.75) is 57.8 Å². The molecule has 0 bridgehead atoms. The lowest BCUT2D eigenvalue weighted by Gasteiger charge is -2.65. The van der Waals surface area contributed by atoms with Crippen LogP contribution in [0.2, 0.25) is 0 Å². The highest BCUT2D eigenvalue weighted by Gasteiger charge is 2.67. The number of piperidine rings is 1. The molecule has 1 atom stereocenters. The van der Waals surface area contributed by atoms with E-state index in [0.717, 1.165) is 18.4 Å². The van der Waals surface area contributed by atoms with Gasteiger partial charge in [-0.25, -0.2) is 9.59 Å². The summed E-state index contributed by atoms with van der Waals surface area (Å²) >= 11 is 0. The molecule has 2 N–H and O–H groups in total. The first-order valence-electron chi connectivity index (χ1n) is 9.79. The van der Waals surface area contributed by atoms with Gasteiger partial charge in [-0.1, -0.05) is 51.1 Å². The minimum atomic E-state index is -1.30. The highest BCUT2D eigenvalue weighted by molar-refractivity contribution is 5.71. The fraction of sp³-hybridized carbons (Fsp3) is 0.619. The van der Waals surface area contributed by atoms with Gasteiger partial charge in [0.05, 0.1) is 18.6 Å². The van der Waals surface area contributed by atoms with Gasteiger partial charge >= 0.3 is 12.2 Å². The van der Waals surface area contributed by atoms with Crippen LogP contribution in [0.25, 0.3) is 0 Å². The van der Waals surface area contributed by atoms with Crippen LogP contribution in [0.1, 0.15) is 45.6 Å². The normalized spacial score (nSPS) is 24.4. The van der Waals surface area contributed by atoms with E-state index >= 15 is 0 Å². The third kappa shape index (κ3) is 3.32. The molecule has 0 saturated carbocycles. The smallest absolute Gasteiger partial charge is 0.410 e. The zero-order valence-electron chi connectivity index (χ0n) is 16.9. The van der Waals surface area contributed by atoms with E-state index in [1.54, 1.807) is 0 Å². The fourth-order valence-corrected chi connectivity index (χ4v) is 4.98. The highest BCUT2D eigenvalue weighted by atomic mass is 16.6. The van der Waals surface area contributed by atoms with Crippen LogP contribution in [0.5, 0.6) is 0 Å². The minimum Gasteiger partial charge on any atom is -0.465 e. The van der Waals surface area contributed by atoms with Gasteiger partial charge < -0.3 is 19.8 Å². The average molecular weight is 390 g/mol. The van der Waals surface area contributed by atoms with Gasteiger partial charge in [0.1, 0.15) is 12.2 Å². The first-order valence-corrected chi connectivity index (χ1v) is 9.79. The Morgan fingerprint density at radius 3 is 2.36 bits per heavy atom. The first kappa shape index (κ1) is 20.5. The van der Waals surface area contributed by atoms with E-state index in [-0.39, 0.29) is 19.7 Å². The molecule has 2 fully saturated rings. The number of nitrogens with zero attached hydrogens (tertiary/aromatic N) is 2. The molecule has 1 aromatic carbocycles. The Morgan fingerprint density at radius 1 is 1.14 bits per heavy atom. The lowest BCUT2D eigenvalue weighted by atomic mass is 9.57. The number of benzene rings is 1. The zero-order chi connectivity index (χ0) is 20.6. The van der Waals surface area contributed by atoms with Gasteiger partial charge in [0, 0.05) is 6.54 Å². The number of rotatable bonds is 3. The fourth-order valence-electron chi connectivity index (χ4n) is 4.98. The number of amides is 2. The monoisotopic (exact) mass is 390 g/mol. The summed E-state index contributed by atoms with van der Waals surface area (Å²) < 4.78 is 5.35. The summed E-state index contributed by atoms with van der Waals surface area (Å²) in [6.07, 6.45) is 0.695. The van der Waals surface area contributed by atoms with Crippen molar-refractivity contribution >= 4 is 12.2 Å². The van der Waals surface area contributed by atoms with Gasteiger partial charge in [-0.3, -0.25) is 4.90 Å². The molecule has 0 aromatic heterocycles. The largest absolute Gasteiger partial charge is 0.465 e. The molecule has 2 saturated heterocycles. The van der Waals surface area contributed by atoms with Crippen LogP contribution in [0, 0.1) is 5.41 Å². The number of hydrogen-bond acceptors (Lipinski definition) is 4. The lowest BCUT2D eigenvalue weighted by molar-refractivity contribution is -0.220. The Kier molecular flexibility index (Phi) is 5.32. The number of carboxylic acid groups (broad SMARTS) is 1. The molecular formula is C21H30N2O5. The van der Waals surface area contributed by atoms with Gasteiger partial charge in [-0.05, 0) is 30.2 Å². The molecule has 2 heterocycles. The molecule has 1 aromatic rings. The molecule has 0 unspecified atom stereocenters. The Hall–Kier alpha value is -2.28. The zero-order valence-corrected chi connectivity index (χ0v) is 16.9. The van der Waals surface area contributed by atoms with Crippen LogP contribution in [0.3, 0.4) is 0 Å². The molecule has 2 amide bonds. The second-order valence-corrected chi connectivity index (χ2v) is 8.93. The Morgan fingerprint density at radius 2 is 1.79 bits per heavy atom. The average Bonchev–Trinajstić information content (AvgIpc) is 2.63. The Balaban J connectivity index is 1.73. The molecule has 0 radical (unpaired) electrons. The van der Waals surface area contributed by atoms with Crippen LogP contribution in [-0.2, 0) is 11.3 Å². The van der Waals surface area contributed by atoms with Gasteiger partial charge in [0.25, 0.3) is 0 Å². The number of carbonyl (C=O) groups is 2. The number of β-amino-alcohol motifs (C(OH)–C–C–N with tert-alkyl or cyclic N) is 1. The SMILES string of the molecule is CC(C)(C)[C@]1(C2(O)CN(C(=O)OCc3ccccc3)C2)CCCCN1C(=O)O. The number of hydrogen-bond donors (Lipinski definition) is 2. The molecule has 154 valence electrons. The quantitative estimate of drug-likeness (QED) is 0.826. The number of aliphatic hydroxyl groups is 1. The Labute approximate surface area is 165 Å². The first-order chi connectivity index (χ1) is 13.1. The van der Waals surface area contributed by atoms with Crippen LogP contribution in [0.15, 0.2) is 30.3 Å². The Bertz CT molecular complexity index is 724. The molecule has 2 aliphatic rings. The number of ether oxygens (including phenoxy) is 1. The maximum Gasteiger partial charge on any atom is 0.410 e. The maximum absolute atomic E-state index is 12.4. The van der Waals surface area contributed by atoms with E-state index in [0.29, 0.717) is 13.0 Å². The van der Waals surface area contributed by atoms with Crippen molar-refractivity contribution < 1.29 is 24.5 Å². The van der Waals surface area contributed by atoms with E-state index in [1.165, 1.54) is 9.80 Å². The molecule has 0 spiro atoms. The predicted octanol–water partition coefficient (Wildman–Crippen LogP) is 3.32. The van der Waals surface area contributed by atoms with Crippen molar-refractivity contribution in [2.75, 3.05) is 19.6 Å². The van der Waals surface area contributed by atoms with Crippen LogP contribution in [-0.4, -0.2) is 63.0 Å². The van der Waals surface area contributed by atoms with Crippen molar-refractivity contribution in [3.05, 3.63) is 35.9 Å². The van der Waals surface area contributed by atoms with Crippen LogP contribution in [0.4, 0.5) is 9.59 Å². The summed E-state index contributed by atoms with van der Waals surface area (Å²) in [4.78, 5) is 27.2. The topological polar surface area (TPSA) is 90.3 Å². The third-order valence-corrected chi connectivity index (χ3v) is 6.24. The van der Waals surface area contributed by atoms with E-state index in [9.17, 15) is 19.8 Å². The second-order valence-electron chi connectivity index (χ2n) is 8.93. The maximum atomic E-state index is 12.4. The van der Waals surface area contributed by atoms with Crippen molar-refractivity contribution in [2.24, 2.45) is 5.41 Å². The molecule has 2 aliphatic heterocycles. The van der Waals surface area contributed by atoms with Crippen molar-refractivity contribution in [1.82, 2.24) is 9.80 Å². The molecule has 0 aliphatic carbocycles. The molecular weight excluding hydrogens is 360 g/mol. The minimum absolute atomic E-state index is 0.0711. The third-order valence-electron chi connectivity index (χ3n) is 6.24. The van der Waals surface area contributed by atoms with E-state index in [1.807, 2.05) is 51.1 Å². The second kappa shape index (κ2) is 7.28. The van der Waals surface area contributed by atoms with E-state index in [2.05, 4.69) is 0 Å². The summed E-state index contributed by atoms with van der Waals surface area (Å²) in [5.74, 6) is 0. The predicted molar refractivity (Wildman–Crippen MR) is 104 cm³/mol. The summed E-state index contributed by atoms with van der Waals surface area (Å²) in [7, 11) is 0. The summed E-state index contributed by atoms with van der Waals surface area (Å²) in [5.41, 5.74) is -1.83.